The van der Waals surface area contributed by atoms with Crippen LogP contribution in [0.3, 0.4) is 0 Å². The molecule has 1 aromatic heterocycles. The van der Waals surface area contributed by atoms with E-state index in [0.717, 1.165) is 6.54 Å². The van der Waals surface area contributed by atoms with Gasteiger partial charge in [-0.25, -0.2) is 0 Å². The van der Waals surface area contributed by atoms with Crippen molar-refractivity contribution in [3.05, 3.63) is 39.7 Å². The van der Waals surface area contributed by atoms with E-state index in [1.165, 1.54) is 6.07 Å². The molecule has 0 unspecified atom stereocenters. The minimum absolute atomic E-state index is 0.0892. The van der Waals surface area contributed by atoms with Gasteiger partial charge in [-0.1, -0.05) is 13.8 Å². The van der Waals surface area contributed by atoms with E-state index in [4.69, 9.17) is 0 Å². The molecule has 8 heteroatoms. The highest BCUT2D eigenvalue weighted by atomic mass is 16.6. The first-order valence-electron chi connectivity index (χ1n) is 6.72. The quantitative estimate of drug-likeness (QED) is 0.641. The van der Waals surface area contributed by atoms with Gasteiger partial charge in [0.05, 0.1) is 17.2 Å². The summed E-state index contributed by atoms with van der Waals surface area (Å²) in [6, 6.07) is 4.82. The van der Waals surface area contributed by atoms with Crippen molar-refractivity contribution in [1.82, 2.24) is 25.5 Å². The van der Waals surface area contributed by atoms with Crippen LogP contribution in [0.1, 0.15) is 25.2 Å². The fraction of sp³-hybridized carbons (Fsp3) is 0.462. The summed E-state index contributed by atoms with van der Waals surface area (Å²) in [6.45, 7) is 7.35. The fourth-order valence-electron chi connectivity index (χ4n) is 1.97. The molecule has 1 aromatic carbocycles. The summed E-state index contributed by atoms with van der Waals surface area (Å²) in [5, 5.41) is 25.7. The Balaban J connectivity index is 2.21. The van der Waals surface area contributed by atoms with Crippen molar-refractivity contribution in [3.63, 3.8) is 0 Å². The number of hydrogen-bond acceptors (Lipinski definition) is 6. The molecule has 0 saturated heterocycles. The molecular weight excluding hydrogens is 272 g/mol. The maximum absolute atomic E-state index is 10.8. The summed E-state index contributed by atoms with van der Waals surface area (Å²) < 4.78 is 1.59. The van der Waals surface area contributed by atoms with Crippen molar-refractivity contribution in [2.45, 2.75) is 27.3 Å². The van der Waals surface area contributed by atoms with Crippen LogP contribution in [0.25, 0.3) is 5.69 Å². The van der Waals surface area contributed by atoms with E-state index >= 15 is 0 Å². The summed E-state index contributed by atoms with van der Waals surface area (Å²) in [6.07, 6.45) is 0. The van der Waals surface area contributed by atoms with Crippen molar-refractivity contribution in [2.24, 2.45) is 5.92 Å². The molecule has 1 heterocycles. The number of nitro groups is 1. The van der Waals surface area contributed by atoms with Gasteiger partial charge < -0.3 is 5.32 Å². The van der Waals surface area contributed by atoms with Gasteiger partial charge in [-0.15, -0.1) is 5.10 Å². The normalized spacial score (nSPS) is 11.0. The Labute approximate surface area is 122 Å². The summed E-state index contributed by atoms with van der Waals surface area (Å²) in [5.74, 6) is 1.21. The average molecular weight is 290 g/mol. The molecular formula is C13H18N6O2. The maximum Gasteiger partial charge on any atom is 0.272 e. The van der Waals surface area contributed by atoms with Gasteiger partial charge in [-0.2, -0.15) is 4.68 Å². The number of benzene rings is 1. The molecule has 0 saturated carbocycles. The second kappa shape index (κ2) is 6.40. The number of rotatable bonds is 6. The van der Waals surface area contributed by atoms with Crippen LogP contribution < -0.4 is 5.32 Å². The van der Waals surface area contributed by atoms with Gasteiger partial charge in [0.15, 0.2) is 5.82 Å². The predicted molar refractivity (Wildman–Crippen MR) is 77.1 cm³/mol. The fourth-order valence-corrected chi connectivity index (χ4v) is 1.97. The second-order valence-corrected chi connectivity index (χ2v) is 5.26. The lowest BCUT2D eigenvalue weighted by molar-refractivity contribution is -0.385. The van der Waals surface area contributed by atoms with E-state index < -0.39 is 4.92 Å². The Hall–Kier alpha value is -2.35. The highest BCUT2D eigenvalue weighted by Gasteiger charge is 2.14. The van der Waals surface area contributed by atoms with Gasteiger partial charge in [0, 0.05) is 11.6 Å². The smallest absolute Gasteiger partial charge is 0.272 e. The van der Waals surface area contributed by atoms with E-state index in [9.17, 15) is 10.1 Å². The van der Waals surface area contributed by atoms with Crippen LogP contribution in [-0.2, 0) is 6.54 Å². The minimum atomic E-state index is -0.399. The van der Waals surface area contributed by atoms with Gasteiger partial charge in [0.2, 0.25) is 0 Å². The number of nitrogens with zero attached hydrogens (tertiary/aromatic N) is 5. The van der Waals surface area contributed by atoms with Crippen LogP contribution in [0.4, 0.5) is 5.69 Å². The third kappa shape index (κ3) is 3.60. The summed E-state index contributed by atoms with van der Waals surface area (Å²) in [7, 11) is 0. The van der Waals surface area contributed by atoms with E-state index in [0.29, 0.717) is 29.5 Å². The van der Waals surface area contributed by atoms with E-state index in [2.05, 4.69) is 34.7 Å². The molecule has 8 nitrogen and oxygen atoms in total. The molecule has 1 N–H and O–H groups in total. The molecule has 0 aliphatic heterocycles. The highest BCUT2D eigenvalue weighted by Crippen LogP contribution is 2.20. The number of aryl methyl sites for hydroxylation is 1. The van der Waals surface area contributed by atoms with Crippen LogP contribution in [0.15, 0.2) is 18.2 Å². The molecule has 2 rings (SSSR count). The zero-order valence-electron chi connectivity index (χ0n) is 12.3. The first-order chi connectivity index (χ1) is 9.99. The number of hydrogen-bond donors (Lipinski definition) is 1. The van der Waals surface area contributed by atoms with Crippen LogP contribution in [-0.4, -0.2) is 31.7 Å². The summed E-state index contributed by atoms with van der Waals surface area (Å²) in [4.78, 5) is 10.4. The first-order valence-corrected chi connectivity index (χ1v) is 6.72. The number of nitro benzene ring substituents is 1. The van der Waals surface area contributed by atoms with Gasteiger partial charge in [-0.3, -0.25) is 10.1 Å². The standard InChI is InChI=1S/C13H18N6O2/c1-9(2)7-14-8-13-15-16-17-18(13)11-4-5-12(19(20)21)10(3)6-11/h4-6,9,14H,7-8H2,1-3H3. The van der Waals surface area contributed by atoms with Gasteiger partial charge in [0.25, 0.3) is 5.69 Å². The molecule has 0 amide bonds. The molecule has 0 fully saturated rings. The summed E-state index contributed by atoms with van der Waals surface area (Å²) >= 11 is 0. The lowest BCUT2D eigenvalue weighted by Crippen LogP contribution is -2.21. The van der Waals surface area contributed by atoms with Gasteiger partial charge >= 0.3 is 0 Å². The zero-order valence-corrected chi connectivity index (χ0v) is 12.3. The Morgan fingerprint density at radius 1 is 1.43 bits per heavy atom. The van der Waals surface area contributed by atoms with E-state index in [1.54, 1.807) is 23.7 Å². The molecule has 0 aliphatic carbocycles. The van der Waals surface area contributed by atoms with Crippen molar-refractivity contribution in [3.8, 4) is 5.69 Å². The Kier molecular flexibility index (Phi) is 4.59. The highest BCUT2D eigenvalue weighted by molar-refractivity contribution is 5.47. The van der Waals surface area contributed by atoms with E-state index in [1.807, 2.05) is 0 Å². The van der Waals surface area contributed by atoms with Crippen LogP contribution >= 0.6 is 0 Å². The number of nitrogens with one attached hydrogen (secondary N) is 1. The third-order valence-electron chi connectivity index (χ3n) is 2.99. The van der Waals surface area contributed by atoms with Crippen molar-refractivity contribution < 1.29 is 4.92 Å². The second-order valence-electron chi connectivity index (χ2n) is 5.26. The van der Waals surface area contributed by atoms with E-state index in [-0.39, 0.29) is 5.69 Å². The monoisotopic (exact) mass is 290 g/mol. The minimum Gasteiger partial charge on any atom is -0.310 e. The average Bonchev–Trinajstić information content (AvgIpc) is 2.86. The Morgan fingerprint density at radius 3 is 2.81 bits per heavy atom. The number of aromatic nitrogens is 4. The topological polar surface area (TPSA) is 98.8 Å². The number of tetrazole rings is 1. The van der Waals surface area contributed by atoms with Crippen LogP contribution in [0, 0.1) is 23.0 Å². The zero-order chi connectivity index (χ0) is 15.4. The van der Waals surface area contributed by atoms with Crippen LogP contribution in [0.5, 0.6) is 0 Å². The van der Waals surface area contributed by atoms with Crippen LogP contribution in [0.2, 0.25) is 0 Å². The molecule has 2 aromatic rings. The van der Waals surface area contributed by atoms with Gasteiger partial charge in [-0.05, 0) is 41.9 Å². The summed E-state index contributed by atoms with van der Waals surface area (Å²) in [5.41, 5.74) is 1.38. The lowest BCUT2D eigenvalue weighted by atomic mass is 10.2. The lowest BCUT2D eigenvalue weighted by Gasteiger charge is -2.08. The molecule has 0 aliphatic rings. The van der Waals surface area contributed by atoms with Crippen molar-refractivity contribution in [1.29, 1.82) is 0 Å². The van der Waals surface area contributed by atoms with Crippen molar-refractivity contribution in [2.75, 3.05) is 6.54 Å². The van der Waals surface area contributed by atoms with Gasteiger partial charge in [0.1, 0.15) is 0 Å². The Bertz CT molecular complexity index is 637. The Morgan fingerprint density at radius 2 is 2.19 bits per heavy atom. The molecule has 0 spiro atoms. The molecule has 0 radical (unpaired) electrons. The first kappa shape index (κ1) is 15.0. The molecule has 112 valence electrons. The molecule has 0 atom stereocenters. The molecule has 21 heavy (non-hydrogen) atoms. The van der Waals surface area contributed by atoms with Crippen molar-refractivity contribution >= 4 is 5.69 Å². The SMILES string of the molecule is Cc1cc(-n2nnnc2CNCC(C)C)ccc1[N+](=O)[O-]. The maximum atomic E-state index is 10.8. The predicted octanol–water partition coefficient (Wildman–Crippen LogP) is 1.62. The third-order valence-corrected chi connectivity index (χ3v) is 2.99. The molecule has 0 bridgehead atoms. The largest absolute Gasteiger partial charge is 0.310 e.